The quantitative estimate of drug-likeness (QED) is 0.623. The molecule has 4 heteroatoms. The van der Waals surface area contributed by atoms with Crippen LogP contribution in [0.1, 0.15) is 46.4 Å². The zero-order chi connectivity index (χ0) is 20.4. The molecule has 2 aromatic carbocycles. The number of aromatic nitrogens is 1. The Kier molecular flexibility index (Phi) is 5.34. The molecule has 0 spiro atoms. The van der Waals surface area contributed by atoms with Crippen molar-refractivity contribution >= 4 is 28.2 Å². The van der Waals surface area contributed by atoms with E-state index in [9.17, 15) is 9.59 Å². The number of carbonyl (C=O) groups excluding carboxylic acids is 2. The summed E-state index contributed by atoms with van der Waals surface area (Å²) in [7, 11) is 0. The average molecular weight is 386 g/mol. The van der Waals surface area contributed by atoms with Crippen molar-refractivity contribution in [3.05, 3.63) is 77.0 Å². The van der Waals surface area contributed by atoms with Crippen LogP contribution in [0.4, 0.5) is 0 Å². The monoisotopic (exact) mass is 386 g/mol. The molecule has 0 saturated carbocycles. The Bertz CT molecular complexity index is 1090. The first kappa shape index (κ1) is 19.2. The third kappa shape index (κ3) is 4.02. The molecule has 1 aromatic heterocycles. The third-order valence-corrected chi connectivity index (χ3v) is 5.69. The number of carbonyl (C=O) groups is 2. The molecule has 0 aliphatic carbocycles. The Morgan fingerprint density at radius 3 is 2.55 bits per heavy atom. The summed E-state index contributed by atoms with van der Waals surface area (Å²) in [5.41, 5.74) is 6.20. The maximum absolute atomic E-state index is 12.9. The number of hydrogen-bond donors (Lipinski definition) is 1. The molecular formula is C25H26N2O2. The van der Waals surface area contributed by atoms with Gasteiger partial charge < -0.3 is 9.88 Å². The largest absolute Gasteiger partial charge is 0.358 e. The molecule has 1 aliphatic heterocycles. The first-order valence-electron chi connectivity index (χ1n) is 10.2. The van der Waals surface area contributed by atoms with Crippen LogP contribution in [0.25, 0.3) is 16.5 Å². The standard InChI is InChI=1S/C25H26N2O2/c1-17-8-9-22-21(16-17)25(18(2)26-22)23(28)10-11-24(29)27-14-12-20(13-15-27)19-6-4-3-5-7-19/h3-9,12,16,26H,10-11,13-15H2,1-2H3. The predicted octanol–water partition coefficient (Wildman–Crippen LogP) is 5.06. The Morgan fingerprint density at radius 2 is 1.83 bits per heavy atom. The predicted molar refractivity (Wildman–Crippen MR) is 117 cm³/mol. The van der Waals surface area contributed by atoms with Crippen LogP contribution in [0, 0.1) is 13.8 Å². The summed E-state index contributed by atoms with van der Waals surface area (Å²) in [5, 5.41) is 0.952. The van der Waals surface area contributed by atoms with Crippen LogP contribution in [-0.2, 0) is 4.79 Å². The molecule has 0 atom stereocenters. The van der Waals surface area contributed by atoms with Crippen molar-refractivity contribution in [1.29, 1.82) is 0 Å². The van der Waals surface area contributed by atoms with Crippen molar-refractivity contribution in [2.45, 2.75) is 33.1 Å². The highest BCUT2D eigenvalue weighted by Gasteiger charge is 2.21. The summed E-state index contributed by atoms with van der Waals surface area (Å²) >= 11 is 0. The van der Waals surface area contributed by atoms with Gasteiger partial charge in [-0.1, -0.05) is 48.0 Å². The van der Waals surface area contributed by atoms with E-state index in [0.29, 0.717) is 13.1 Å². The number of H-pyrrole nitrogens is 1. The van der Waals surface area contributed by atoms with Gasteiger partial charge in [0.15, 0.2) is 5.78 Å². The van der Waals surface area contributed by atoms with Crippen molar-refractivity contribution in [1.82, 2.24) is 9.88 Å². The molecule has 1 N–H and O–H groups in total. The van der Waals surface area contributed by atoms with Gasteiger partial charge in [-0.2, -0.15) is 0 Å². The number of benzene rings is 2. The van der Waals surface area contributed by atoms with Crippen molar-refractivity contribution in [3.63, 3.8) is 0 Å². The summed E-state index contributed by atoms with van der Waals surface area (Å²) in [6, 6.07) is 16.4. The van der Waals surface area contributed by atoms with Crippen molar-refractivity contribution in [3.8, 4) is 0 Å². The topological polar surface area (TPSA) is 53.2 Å². The number of Topliss-reactive ketones (excluding diaryl/α,β-unsaturated/α-hetero) is 1. The summed E-state index contributed by atoms with van der Waals surface area (Å²) in [6.45, 7) is 5.26. The lowest BCUT2D eigenvalue weighted by Gasteiger charge is -2.26. The summed E-state index contributed by atoms with van der Waals surface area (Å²) in [6.07, 6.45) is 3.48. The van der Waals surface area contributed by atoms with Crippen LogP contribution >= 0.6 is 0 Å². The zero-order valence-corrected chi connectivity index (χ0v) is 17.0. The molecule has 4 nitrogen and oxygen atoms in total. The molecule has 148 valence electrons. The van der Waals surface area contributed by atoms with Crippen LogP contribution in [0.5, 0.6) is 0 Å². The average Bonchev–Trinajstić information content (AvgIpc) is 3.07. The molecule has 3 aromatic rings. The van der Waals surface area contributed by atoms with Gasteiger partial charge in [0.1, 0.15) is 0 Å². The highest BCUT2D eigenvalue weighted by Crippen LogP contribution is 2.26. The van der Waals surface area contributed by atoms with Gasteiger partial charge in [-0.15, -0.1) is 0 Å². The van der Waals surface area contributed by atoms with E-state index in [0.717, 1.165) is 34.1 Å². The first-order valence-corrected chi connectivity index (χ1v) is 10.2. The zero-order valence-electron chi connectivity index (χ0n) is 17.0. The van der Waals surface area contributed by atoms with Crippen LogP contribution in [0.15, 0.2) is 54.6 Å². The minimum atomic E-state index is 0.0326. The van der Waals surface area contributed by atoms with E-state index in [-0.39, 0.29) is 24.5 Å². The number of aryl methyl sites for hydroxylation is 2. The SMILES string of the molecule is Cc1ccc2[nH]c(C)c(C(=O)CCC(=O)N3CC=C(c4ccccc4)CC3)c2c1. The van der Waals surface area contributed by atoms with E-state index in [1.165, 1.54) is 11.1 Å². The lowest BCUT2D eigenvalue weighted by molar-refractivity contribution is -0.130. The van der Waals surface area contributed by atoms with Crippen LogP contribution in [0.2, 0.25) is 0 Å². The molecule has 1 amide bonds. The van der Waals surface area contributed by atoms with E-state index < -0.39 is 0 Å². The fourth-order valence-corrected chi connectivity index (χ4v) is 4.11. The van der Waals surface area contributed by atoms with Gasteiger partial charge in [-0.25, -0.2) is 0 Å². The number of ketones is 1. The molecule has 29 heavy (non-hydrogen) atoms. The van der Waals surface area contributed by atoms with Gasteiger partial charge in [-0.3, -0.25) is 9.59 Å². The minimum absolute atomic E-state index is 0.0326. The molecule has 0 bridgehead atoms. The van der Waals surface area contributed by atoms with E-state index in [4.69, 9.17) is 0 Å². The van der Waals surface area contributed by atoms with Crippen molar-refractivity contribution < 1.29 is 9.59 Å². The molecule has 0 radical (unpaired) electrons. The normalized spacial score (nSPS) is 14.1. The number of nitrogens with one attached hydrogen (secondary N) is 1. The van der Waals surface area contributed by atoms with Crippen molar-refractivity contribution in [2.24, 2.45) is 0 Å². The number of nitrogens with zero attached hydrogens (tertiary/aromatic N) is 1. The summed E-state index contributed by atoms with van der Waals surface area (Å²) in [5.74, 6) is 0.0839. The second kappa shape index (κ2) is 8.08. The fraction of sp³-hybridized carbons (Fsp3) is 0.280. The molecule has 0 saturated heterocycles. The molecule has 2 heterocycles. The highest BCUT2D eigenvalue weighted by atomic mass is 16.2. The highest BCUT2D eigenvalue weighted by molar-refractivity contribution is 6.10. The van der Waals surface area contributed by atoms with Gasteiger partial charge in [-0.05, 0) is 43.5 Å². The molecule has 0 fully saturated rings. The molecule has 0 unspecified atom stereocenters. The first-order chi connectivity index (χ1) is 14.0. The molecule has 4 rings (SSSR count). The minimum Gasteiger partial charge on any atom is -0.358 e. The lowest BCUT2D eigenvalue weighted by atomic mass is 9.99. The second-order valence-corrected chi connectivity index (χ2v) is 7.78. The Labute approximate surface area is 171 Å². The van der Waals surface area contributed by atoms with Gasteiger partial charge in [0, 0.05) is 48.1 Å². The number of hydrogen-bond acceptors (Lipinski definition) is 2. The maximum atomic E-state index is 12.9. The number of amides is 1. The van der Waals surface area contributed by atoms with Gasteiger partial charge in [0.2, 0.25) is 5.91 Å². The fourth-order valence-electron chi connectivity index (χ4n) is 4.11. The van der Waals surface area contributed by atoms with E-state index in [1.54, 1.807) is 0 Å². The number of aromatic amines is 1. The van der Waals surface area contributed by atoms with Crippen LogP contribution < -0.4 is 0 Å². The molecule has 1 aliphatic rings. The van der Waals surface area contributed by atoms with E-state index in [1.807, 2.05) is 55.1 Å². The van der Waals surface area contributed by atoms with E-state index in [2.05, 4.69) is 23.2 Å². The van der Waals surface area contributed by atoms with Gasteiger partial charge in [0.25, 0.3) is 0 Å². The molecular weight excluding hydrogens is 360 g/mol. The van der Waals surface area contributed by atoms with Gasteiger partial charge >= 0.3 is 0 Å². The number of rotatable bonds is 5. The third-order valence-electron chi connectivity index (χ3n) is 5.69. The van der Waals surface area contributed by atoms with E-state index >= 15 is 0 Å². The van der Waals surface area contributed by atoms with Crippen LogP contribution in [0.3, 0.4) is 0 Å². The summed E-state index contributed by atoms with van der Waals surface area (Å²) < 4.78 is 0. The Hall–Kier alpha value is -3.14. The second-order valence-electron chi connectivity index (χ2n) is 7.78. The maximum Gasteiger partial charge on any atom is 0.223 e. The smallest absolute Gasteiger partial charge is 0.223 e. The Balaban J connectivity index is 1.39. The Morgan fingerprint density at radius 1 is 1.03 bits per heavy atom. The van der Waals surface area contributed by atoms with Crippen LogP contribution in [-0.4, -0.2) is 34.7 Å². The lowest BCUT2D eigenvalue weighted by Crippen LogP contribution is -2.34. The van der Waals surface area contributed by atoms with Crippen molar-refractivity contribution in [2.75, 3.05) is 13.1 Å². The van der Waals surface area contributed by atoms with Gasteiger partial charge in [0.05, 0.1) is 0 Å². The number of fused-ring (bicyclic) bond motifs is 1. The summed E-state index contributed by atoms with van der Waals surface area (Å²) in [4.78, 5) is 30.7.